The Morgan fingerprint density at radius 1 is 1.41 bits per heavy atom. The van der Waals surface area contributed by atoms with Crippen LogP contribution in [0, 0.1) is 12.8 Å². The number of carboxylic acid groups (broad SMARTS) is 1. The molecule has 0 saturated carbocycles. The number of hydrogen-bond donors (Lipinski definition) is 1. The number of methoxy groups -OCH3 is 1. The minimum absolute atomic E-state index is 0.0906. The predicted molar refractivity (Wildman–Crippen MR) is 81.4 cm³/mol. The van der Waals surface area contributed by atoms with Gasteiger partial charge >= 0.3 is 5.97 Å². The van der Waals surface area contributed by atoms with E-state index in [9.17, 15) is 18.3 Å². The molecule has 6 nitrogen and oxygen atoms in total. The largest absolute Gasteiger partial charge is 0.495 e. The Kier molecular flexibility index (Phi) is 4.77. The molecule has 0 aliphatic carbocycles. The summed E-state index contributed by atoms with van der Waals surface area (Å²) in [4.78, 5) is 11.4. The first-order valence-corrected chi connectivity index (χ1v) is 8.62. The van der Waals surface area contributed by atoms with Gasteiger partial charge in [0, 0.05) is 12.6 Å². The number of aryl methyl sites for hydroxylation is 1. The van der Waals surface area contributed by atoms with Crippen LogP contribution in [0.5, 0.6) is 5.75 Å². The maximum atomic E-state index is 13.0. The van der Waals surface area contributed by atoms with E-state index < -0.39 is 28.0 Å². The highest BCUT2D eigenvalue weighted by atomic mass is 32.2. The van der Waals surface area contributed by atoms with E-state index in [4.69, 9.17) is 4.74 Å². The first-order valence-electron chi connectivity index (χ1n) is 7.18. The summed E-state index contributed by atoms with van der Waals surface area (Å²) < 4.78 is 32.4. The molecule has 122 valence electrons. The number of carboxylic acids is 1. The van der Waals surface area contributed by atoms with Gasteiger partial charge in [-0.3, -0.25) is 4.79 Å². The third-order valence-corrected chi connectivity index (χ3v) is 6.16. The fourth-order valence-corrected chi connectivity index (χ4v) is 4.84. The van der Waals surface area contributed by atoms with Gasteiger partial charge in [0.15, 0.2) is 0 Å². The zero-order valence-corrected chi connectivity index (χ0v) is 13.8. The van der Waals surface area contributed by atoms with E-state index >= 15 is 0 Å². The van der Waals surface area contributed by atoms with E-state index in [1.165, 1.54) is 11.4 Å². The number of rotatable bonds is 4. The summed E-state index contributed by atoms with van der Waals surface area (Å²) in [5, 5.41) is 9.26. The molecule has 1 aromatic carbocycles. The molecule has 0 unspecified atom stereocenters. The van der Waals surface area contributed by atoms with Gasteiger partial charge in [-0.05, 0) is 44.4 Å². The van der Waals surface area contributed by atoms with Crippen LogP contribution in [0.1, 0.15) is 25.3 Å². The summed E-state index contributed by atoms with van der Waals surface area (Å²) in [6, 6.07) is 4.37. The van der Waals surface area contributed by atoms with Crippen molar-refractivity contribution in [2.45, 2.75) is 37.6 Å². The molecule has 0 spiro atoms. The zero-order valence-electron chi connectivity index (χ0n) is 12.9. The molecule has 2 rings (SSSR count). The Balaban J connectivity index is 2.46. The van der Waals surface area contributed by atoms with Gasteiger partial charge in [0.2, 0.25) is 10.0 Å². The minimum atomic E-state index is -3.80. The standard InChI is InChI=1S/C15H21NO5S/c1-10-6-7-13(21-3)14(9-10)22(19,20)16-8-4-5-12(11(16)2)15(17)18/h6-7,9,11-12H,4-5,8H2,1-3H3,(H,17,18)/t11-,12-/m0/s1. The van der Waals surface area contributed by atoms with Crippen LogP contribution < -0.4 is 4.74 Å². The lowest BCUT2D eigenvalue weighted by Crippen LogP contribution is -2.49. The Morgan fingerprint density at radius 3 is 2.68 bits per heavy atom. The van der Waals surface area contributed by atoms with Crippen molar-refractivity contribution in [3.05, 3.63) is 23.8 Å². The molecular weight excluding hydrogens is 306 g/mol. The maximum absolute atomic E-state index is 13.0. The third kappa shape index (κ3) is 2.96. The summed E-state index contributed by atoms with van der Waals surface area (Å²) >= 11 is 0. The van der Waals surface area contributed by atoms with Crippen LogP contribution in [0.4, 0.5) is 0 Å². The van der Waals surface area contributed by atoms with Crippen LogP contribution in [-0.4, -0.2) is 43.5 Å². The lowest BCUT2D eigenvalue weighted by molar-refractivity contribution is -0.144. The summed E-state index contributed by atoms with van der Waals surface area (Å²) in [6.45, 7) is 3.78. The molecular formula is C15H21NO5S. The quantitative estimate of drug-likeness (QED) is 0.913. The second kappa shape index (κ2) is 6.26. The molecule has 0 amide bonds. The summed E-state index contributed by atoms with van der Waals surface area (Å²) in [5.74, 6) is -1.36. The van der Waals surface area contributed by atoms with E-state index in [0.717, 1.165) is 5.56 Å². The van der Waals surface area contributed by atoms with E-state index in [2.05, 4.69) is 0 Å². The van der Waals surface area contributed by atoms with E-state index in [1.54, 1.807) is 32.0 Å². The number of nitrogens with zero attached hydrogens (tertiary/aromatic N) is 1. The zero-order chi connectivity index (χ0) is 16.5. The van der Waals surface area contributed by atoms with Gasteiger partial charge in [-0.1, -0.05) is 6.07 Å². The summed E-state index contributed by atoms with van der Waals surface area (Å²) in [7, 11) is -2.38. The van der Waals surface area contributed by atoms with Gasteiger partial charge in [-0.2, -0.15) is 4.31 Å². The number of ether oxygens (including phenoxy) is 1. The molecule has 0 aromatic heterocycles. The van der Waals surface area contributed by atoms with Crippen LogP contribution in [-0.2, 0) is 14.8 Å². The number of sulfonamides is 1. The maximum Gasteiger partial charge on any atom is 0.308 e. The van der Waals surface area contributed by atoms with Crippen molar-refractivity contribution >= 4 is 16.0 Å². The van der Waals surface area contributed by atoms with Crippen molar-refractivity contribution in [3.8, 4) is 5.75 Å². The van der Waals surface area contributed by atoms with Crippen molar-refractivity contribution in [1.29, 1.82) is 0 Å². The molecule has 7 heteroatoms. The lowest BCUT2D eigenvalue weighted by atomic mass is 9.92. The minimum Gasteiger partial charge on any atom is -0.495 e. The monoisotopic (exact) mass is 327 g/mol. The second-order valence-electron chi connectivity index (χ2n) is 5.60. The third-order valence-electron chi connectivity index (χ3n) is 4.15. The number of piperidine rings is 1. The topological polar surface area (TPSA) is 83.9 Å². The molecule has 1 fully saturated rings. The predicted octanol–water partition coefficient (Wildman–Crippen LogP) is 1.88. The lowest BCUT2D eigenvalue weighted by Gasteiger charge is -2.36. The molecule has 1 saturated heterocycles. The van der Waals surface area contributed by atoms with Crippen molar-refractivity contribution in [1.82, 2.24) is 4.31 Å². The number of hydrogen-bond acceptors (Lipinski definition) is 4. The van der Waals surface area contributed by atoms with Gasteiger partial charge in [-0.25, -0.2) is 8.42 Å². The summed E-state index contributed by atoms with van der Waals surface area (Å²) in [5.41, 5.74) is 0.804. The molecule has 2 atom stereocenters. The number of benzene rings is 1. The summed E-state index contributed by atoms with van der Waals surface area (Å²) in [6.07, 6.45) is 1.03. The highest BCUT2D eigenvalue weighted by molar-refractivity contribution is 7.89. The van der Waals surface area contributed by atoms with Gasteiger partial charge in [-0.15, -0.1) is 0 Å². The Morgan fingerprint density at radius 2 is 2.09 bits per heavy atom. The Bertz CT molecular complexity index is 671. The average Bonchev–Trinajstić information content (AvgIpc) is 2.46. The molecule has 1 N–H and O–H groups in total. The number of aliphatic carboxylic acids is 1. The van der Waals surface area contributed by atoms with Crippen molar-refractivity contribution in [2.24, 2.45) is 5.92 Å². The Labute approximate surface area is 130 Å². The van der Waals surface area contributed by atoms with Crippen LogP contribution in [0.25, 0.3) is 0 Å². The molecule has 1 aromatic rings. The molecule has 1 aliphatic rings. The molecule has 1 heterocycles. The van der Waals surface area contributed by atoms with Crippen LogP contribution in [0.15, 0.2) is 23.1 Å². The highest BCUT2D eigenvalue weighted by Crippen LogP contribution is 2.33. The Hall–Kier alpha value is -1.60. The first kappa shape index (κ1) is 16.8. The first-order chi connectivity index (χ1) is 10.3. The molecule has 22 heavy (non-hydrogen) atoms. The van der Waals surface area contributed by atoms with Gasteiger partial charge in [0.1, 0.15) is 10.6 Å². The molecule has 1 aliphatic heterocycles. The van der Waals surface area contributed by atoms with Gasteiger partial charge < -0.3 is 9.84 Å². The smallest absolute Gasteiger partial charge is 0.308 e. The van der Waals surface area contributed by atoms with E-state index in [1.807, 2.05) is 0 Å². The van der Waals surface area contributed by atoms with Gasteiger partial charge in [0.25, 0.3) is 0 Å². The molecule has 0 bridgehead atoms. The van der Waals surface area contributed by atoms with E-state index in [0.29, 0.717) is 19.4 Å². The fourth-order valence-electron chi connectivity index (χ4n) is 2.89. The fraction of sp³-hybridized carbons (Fsp3) is 0.533. The van der Waals surface area contributed by atoms with Gasteiger partial charge in [0.05, 0.1) is 13.0 Å². The molecule has 0 radical (unpaired) electrons. The van der Waals surface area contributed by atoms with Crippen LogP contribution in [0.3, 0.4) is 0 Å². The number of carbonyl (C=O) groups is 1. The normalized spacial score (nSPS) is 23.2. The average molecular weight is 327 g/mol. The highest BCUT2D eigenvalue weighted by Gasteiger charge is 2.40. The second-order valence-corrected chi connectivity index (χ2v) is 7.46. The van der Waals surface area contributed by atoms with Crippen LogP contribution >= 0.6 is 0 Å². The van der Waals surface area contributed by atoms with E-state index in [-0.39, 0.29) is 10.6 Å². The van der Waals surface area contributed by atoms with Crippen molar-refractivity contribution < 1.29 is 23.1 Å². The van der Waals surface area contributed by atoms with Crippen LogP contribution in [0.2, 0.25) is 0 Å². The van der Waals surface area contributed by atoms with Crippen molar-refractivity contribution in [2.75, 3.05) is 13.7 Å². The SMILES string of the molecule is COc1ccc(C)cc1S(=O)(=O)N1CCC[C@H](C(=O)O)[C@@H]1C. The van der Waals surface area contributed by atoms with Crippen molar-refractivity contribution in [3.63, 3.8) is 0 Å².